The van der Waals surface area contributed by atoms with Gasteiger partial charge in [-0.3, -0.25) is 0 Å². The summed E-state index contributed by atoms with van der Waals surface area (Å²) in [5.41, 5.74) is 5.30. The molecule has 1 aromatic rings. The number of benzene rings is 1. The van der Waals surface area contributed by atoms with E-state index in [1.807, 2.05) is 6.92 Å². The van der Waals surface area contributed by atoms with Crippen molar-refractivity contribution in [3.63, 3.8) is 0 Å². The average Bonchev–Trinajstić information content (AvgIpc) is 2.31. The van der Waals surface area contributed by atoms with Crippen molar-refractivity contribution >= 4 is 0 Å². The van der Waals surface area contributed by atoms with E-state index in [4.69, 9.17) is 4.74 Å². The molecule has 0 saturated heterocycles. The Morgan fingerprint density at radius 3 is 2.41 bits per heavy atom. The van der Waals surface area contributed by atoms with E-state index < -0.39 is 0 Å². The van der Waals surface area contributed by atoms with Crippen LogP contribution in [0, 0.1) is 32.6 Å². The number of methoxy groups -OCH3 is 1. The minimum Gasteiger partial charge on any atom is -0.496 e. The lowest BCUT2D eigenvalue weighted by Crippen LogP contribution is -2.03. The molecule has 0 amide bonds. The van der Waals surface area contributed by atoms with Gasteiger partial charge in [-0.2, -0.15) is 0 Å². The van der Waals surface area contributed by atoms with Gasteiger partial charge in [-0.05, 0) is 61.9 Å². The third-order valence-corrected chi connectivity index (χ3v) is 3.41. The van der Waals surface area contributed by atoms with Crippen LogP contribution in [0.4, 0.5) is 0 Å². The minimum atomic E-state index is 0.479. The normalized spacial score (nSPS) is 11.6. The topological polar surface area (TPSA) is 9.23 Å². The van der Waals surface area contributed by atoms with Crippen LogP contribution in [0.3, 0.4) is 0 Å². The van der Waals surface area contributed by atoms with Crippen molar-refractivity contribution in [3.8, 4) is 17.6 Å². The van der Waals surface area contributed by atoms with Crippen LogP contribution in [-0.2, 0) is 0 Å². The standard InChI is InChI=1S/C16H22O/c1-7-8-9-11(2)16-12(3)10-15(17-6)13(4)14(16)5/h10-11H,9H2,1-6H3. The summed E-state index contributed by atoms with van der Waals surface area (Å²) in [7, 11) is 1.73. The first kappa shape index (κ1) is 13.6. The molecular formula is C16H22O. The van der Waals surface area contributed by atoms with E-state index in [-0.39, 0.29) is 0 Å². The molecule has 92 valence electrons. The summed E-state index contributed by atoms with van der Waals surface area (Å²) in [4.78, 5) is 0. The summed E-state index contributed by atoms with van der Waals surface area (Å²) in [5.74, 6) is 7.60. The van der Waals surface area contributed by atoms with Crippen LogP contribution >= 0.6 is 0 Å². The lowest BCUT2D eigenvalue weighted by atomic mass is 9.87. The lowest BCUT2D eigenvalue weighted by molar-refractivity contribution is 0.410. The highest BCUT2D eigenvalue weighted by Crippen LogP contribution is 2.33. The molecule has 0 aliphatic rings. The number of ether oxygens (including phenoxy) is 1. The van der Waals surface area contributed by atoms with Crippen molar-refractivity contribution in [1.29, 1.82) is 0 Å². The van der Waals surface area contributed by atoms with Crippen molar-refractivity contribution in [1.82, 2.24) is 0 Å². The summed E-state index contributed by atoms with van der Waals surface area (Å²) < 4.78 is 5.39. The van der Waals surface area contributed by atoms with Gasteiger partial charge in [-0.1, -0.05) is 6.92 Å². The fourth-order valence-corrected chi connectivity index (χ4v) is 2.39. The van der Waals surface area contributed by atoms with Gasteiger partial charge in [0.05, 0.1) is 7.11 Å². The Balaban J connectivity index is 3.23. The van der Waals surface area contributed by atoms with Crippen LogP contribution in [-0.4, -0.2) is 7.11 Å². The molecule has 0 spiro atoms. The highest BCUT2D eigenvalue weighted by atomic mass is 16.5. The second-order valence-electron chi connectivity index (χ2n) is 4.59. The molecule has 1 rings (SSSR count). The molecule has 1 unspecified atom stereocenters. The predicted molar refractivity (Wildman–Crippen MR) is 73.7 cm³/mol. The first-order chi connectivity index (χ1) is 8.02. The van der Waals surface area contributed by atoms with Gasteiger partial charge in [-0.25, -0.2) is 0 Å². The average molecular weight is 230 g/mol. The van der Waals surface area contributed by atoms with Gasteiger partial charge in [0.25, 0.3) is 0 Å². The summed E-state index contributed by atoms with van der Waals surface area (Å²) in [6.07, 6.45) is 0.921. The molecule has 0 aliphatic carbocycles. The van der Waals surface area contributed by atoms with Gasteiger partial charge in [-0.15, -0.1) is 11.8 Å². The Hall–Kier alpha value is -1.42. The molecule has 0 heterocycles. The summed E-state index contributed by atoms with van der Waals surface area (Å²) in [5, 5.41) is 0. The molecule has 0 radical (unpaired) electrons. The van der Waals surface area contributed by atoms with E-state index in [1.165, 1.54) is 22.3 Å². The molecule has 0 fully saturated rings. The van der Waals surface area contributed by atoms with Gasteiger partial charge in [0.2, 0.25) is 0 Å². The van der Waals surface area contributed by atoms with Crippen molar-refractivity contribution < 1.29 is 4.74 Å². The number of hydrogen-bond acceptors (Lipinski definition) is 1. The molecule has 0 N–H and O–H groups in total. The minimum absolute atomic E-state index is 0.479. The molecule has 0 saturated carbocycles. The number of hydrogen-bond donors (Lipinski definition) is 0. The van der Waals surface area contributed by atoms with Crippen LogP contribution in [0.5, 0.6) is 5.75 Å². The maximum atomic E-state index is 5.39. The van der Waals surface area contributed by atoms with Crippen molar-refractivity contribution in [2.24, 2.45) is 0 Å². The van der Waals surface area contributed by atoms with Gasteiger partial charge >= 0.3 is 0 Å². The summed E-state index contributed by atoms with van der Waals surface area (Å²) >= 11 is 0. The van der Waals surface area contributed by atoms with Crippen LogP contribution in [0.25, 0.3) is 0 Å². The molecule has 1 heteroatoms. The largest absolute Gasteiger partial charge is 0.496 e. The fourth-order valence-electron chi connectivity index (χ4n) is 2.39. The van der Waals surface area contributed by atoms with E-state index >= 15 is 0 Å². The lowest BCUT2D eigenvalue weighted by Gasteiger charge is -2.19. The van der Waals surface area contributed by atoms with Gasteiger partial charge in [0.1, 0.15) is 5.75 Å². The highest BCUT2D eigenvalue weighted by molar-refractivity contribution is 5.49. The number of aryl methyl sites for hydroxylation is 1. The van der Waals surface area contributed by atoms with E-state index in [1.54, 1.807) is 7.11 Å². The molecule has 0 aliphatic heterocycles. The van der Waals surface area contributed by atoms with Crippen LogP contribution in [0.1, 0.15) is 48.4 Å². The van der Waals surface area contributed by atoms with Gasteiger partial charge in [0.15, 0.2) is 0 Å². The monoisotopic (exact) mass is 230 g/mol. The van der Waals surface area contributed by atoms with E-state index in [0.717, 1.165) is 12.2 Å². The zero-order chi connectivity index (χ0) is 13.0. The van der Waals surface area contributed by atoms with Gasteiger partial charge < -0.3 is 4.74 Å². The Labute approximate surface area is 105 Å². The van der Waals surface area contributed by atoms with E-state index in [0.29, 0.717) is 5.92 Å². The Morgan fingerprint density at radius 1 is 1.24 bits per heavy atom. The smallest absolute Gasteiger partial charge is 0.122 e. The molecule has 17 heavy (non-hydrogen) atoms. The maximum Gasteiger partial charge on any atom is 0.122 e. The van der Waals surface area contributed by atoms with E-state index in [9.17, 15) is 0 Å². The summed E-state index contributed by atoms with van der Waals surface area (Å²) in [6.45, 7) is 10.6. The Bertz CT molecular complexity index is 461. The van der Waals surface area contributed by atoms with Crippen molar-refractivity contribution in [3.05, 3.63) is 28.3 Å². The molecule has 1 nitrogen and oxygen atoms in total. The Morgan fingerprint density at radius 2 is 1.88 bits per heavy atom. The molecule has 0 bridgehead atoms. The molecule has 0 aromatic heterocycles. The first-order valence-electron chi connectivity index (χ1n) is 6.07. The van der Waals surface area contributed by atoms with Crippen molar-refractivity contribution in [2.75, 3.05) is 7.11 Å². The molecular weight excluding hydrogens is 208 g/mol. The second kappa shape index (κ2) is 5.77. The van der Waals surface area contributed by atoms with Crippen LogP contribution in [0.2, 0.25) is 0 Å². The SMILES string of the molecule is CC#CCC(C)c1c(C)cc(OC)c(C)c1C. The zero-order valence-corrected chi connectivity index (χ0v) is 11.8. The van der Waals surface area contributed by atoms with Crippen LogP contribution < -0.4 is 4.74 Å². The fraction of sp³-hybridized carbons (Fsp3) is 0.500. The molecule has 1 atom stereocenters. The predicted octanol–water partition coefficient (Wildman–Crippen LogP) is 4.14. The zero-order valence-electron chi connectivity index (χ0n) is 11.8. The number of rotatable bonds is 3. The summed E-state index contributed by atoms with van der Waals surface area (Å²) in [6, 6.07) is 2.13. The maximum absolute atomic E-state index is 5.39. The van der Waals surface area contributed by atoms with E-state index in [2.05, 4.69) is 45.6 Å². The first-order valence-corrected chi connectivity index (χ1v) is 6.07. The van der Waals surface area contributed by atoms with Crippen molar-refractivity contribution in [2.45, 2.75) is 47.0 Å². The van der Waals surface area contributed by atoms with Crippen LogP contribution in [0.15, 0.2) is 6.07 Å². The highest BCUT2D eigenvalue weighted by Gasteiger charge is 2.15. The molecule has 1 aromatic carbocycles. The third-order valence-electron chi connectivity index (χ3n) is 3.41. The third kappa shape index (κ3) is 2.82. The second-order valence-corrected chi connectivity index (χ2v) is 4.59. The quantitative estimate of drug-likeness (QED) is 0.709. The van der Waals surface area contributed by atoms with Gasteiger partial charge in [0, 0.05) is 6.42 Å². The Kier molecular flexibility index (Phi) is 4.63.